The summed E-state index contributed by atoms with van der Waals surface area (Å²) in [7, 11) is 1.42. The largest absolute Gasteiger partial charge is 0.487 e. The summed E-state index contributed by atoms with van der Waals surface area (Å²) in [4.78, 5) is 24.9. The van der Waals surface area contributed by atoms with Crippen molar-refractivity contribution in [1.29, 1.82) is 5.26 Å². The highest BCUT2D eigenvalue weighted by atomic mass is 127. The molecule has 2 aromatic rings. The molecule has 8 heteroatoms. The summed E-state index contributed by atoms with van der Waals surface area (Å²) in [6.45, 7) is 0.219. The van der Waals surface area contributed by atoms with Crippen LogP contribution in [0.4, 0.5) is 4.79 Å². The number of nitrogens with one attached hydrogen (secondary N) is 1. The van der Waals surface area contributed by atoms with Gasteiger partial charge in [0.15, 0.2) is 0 Å². The lowest BCUT2D eigenvalue weighted by Gasteiger charge is -2.13. The van der Waals surface area contributed by atoms with Gasteiger partial charge in [0.05, 0.1) is 15.2 Å². The highest BCUT2D eigenvalue weighted by Crippen LogP contribution is 2.31. The van der Waals surface area contributed by atoms with Crippen molar-refractivity contribution in [3.63, 3.8) is 0 Å². The third kappa shape index (κ3) is 4.24. The van der Waals surface area contributed by atoms with E-state index in [0.717, 1.165) is 17.6 Å². The first kappa shape index (κ1) is 19.6. The normalized spacial score (nSPS) is 15.0. The van der Waals surface area contributed by atoms with Gasteiger partial charge in [0.25, 0.3) is 5.91 Å². The Bertz CT molecular complexity index is 1010. The Balaban J connectivity index is 1.95. The first-order valence-electron chi connectivity index (χ1n) is 7.81. The monoisotopic (exact) mass is 585 g/mol. The van der Waals surface area contributed by atoms with Gasteiger partial charge < -0.3 is 10.1 Å². The van der Waals surface area contributed by atoms with Crippen LogP contribution in [-0.4, -0.2) is 23.9 Å². The lowest BCUT2D eigenvalue weighted by molar-refractivity contribution is -0.121. The lowest BCUT2D eigenvalue weighted by Crippen LogP contribution is -2.25. The maximum Gasteiger partial charge on any atom is 0.328 e. The number of carbonyl (C=O) groups excluding carboxylic acids is 2. The molecule has 0 bridgehead atoms. The van der Waals surface area contributed by atoms with E-state index < -0.39 is 11.9 Å². The van der Waals surface area contributed by atoms with Crippen LogP contribution < -0.4 is 10.1 Å². The van der Waals surface area contributed by atoms with Crippen molar-refractivity contribution in [1.82, 2.24) is 10.2 Å². The fourth-order valence-corrected chi connectivity index (χ4v) is 4.57. The van der Waals surface area contributed by atoms with E-state index in [9.17, 15) is 14.9 Å². The summed E-state index contributed by atoms with van der Waals surface area (Å²) >= 11 is 4.35. The molecule has 1 heterocycles. The van der Waals surface area contributed by atoms with Crippen molar-refractivity contribution in [2.75, 3.05) is 7.05 Å². The van der Waals surface area contributed by atoms with Crippen LogP contribution in [0, 0.1) is 18.5 Å². The SMILES string of the molecule is CN1C(=O)N/C(=C/c2cc(I)cc(I)c2OCc2ccccc2C#N)C1=O. The zero-order chi connectivity index (χ0) is 19.6. The Hall–Kier alpha value is -2.13. The topological polar surface area (TPSA) is 82.4 Å². The Labute approximate surface area is 183 Å². The van der Waals surface area contributed by atoms with Gasteiger partial charge in [-0.15, -0.1) is 0 Å². The maximum absolute atomic E-state index is 12.2. The maximum atomic E-state index is 12.2. The van der Waals surface area contributed by atoms with Crippen molar-refractivity contribution >= 4 is 63.2 Å². The highest BCUT2D eigenvalue weighted by molar-refractivity contribution is 14.1. The fraction of sp³-hybridized carbons (Fsp3) is 0.105. The molecule has 1 fully saturated rings. The quantitative estimate of drug-likeness (QED) is 0.336. The lowest BCUT2D eigenvalue weighted by atomic mass is 10.1. The molecular weight excluding hydrogens is 572 g/mol. The third-order valence-electron chi connectivity index (χ3n) is 3.93. The fourth-order valence-electron chi connectivity index (χ4n) is 2.52. The number of carbonyl (C=O) groups is 2. The van der Waals surface area contributed by atoms with Crippen molar-refractivity contribution in [2.24, 2.45) is 0 Å². The molecule has 3 rings (SSSR count). The minimum atomic E-state index is -0.461. The molecule has 1 aliphatic rings. The van der Waals surface area contributed by atoms with E-state index in [2.05, 4.69) is 56.6 Å². The molecule has 0 atom stereocenters. The Morgan fingerprint density at radius 1 is 1.26 bits per heavy atom. The number of imide groups is 1. The van der Waals surface area contributed by atoms with Gasteiger partial charge in [-0.3, -0.25) is 9.69 Å². The molecular formula is C19H13I2N3O3. The summed E-state index contributed by atoms with van der Waals surface area (Å²) in [6.07, 6.45) is 1.61. The van der Waals surface area contributed by atoms with Gasteiger partial charge in [0.1, 0.15) is 18.1 Å². The van der Waals surface area contributed by atoms with Crippen molar-refractivity contribution in [3.8, 4) is 11.8 Å². The summed E-state index contributed by atoms with van der Waals surface area (Å²) < 4.78 is 7.84. The van der Waals surface area contributed by atoms with E-state index in [4.69, 9.17) is 4.74 Å². The van der Waals surface area contributed by atoms with E-state index in [-0.39, 0.29) is 12.3 Å². The number of halogens is 2. The first-order valence-corrected chi connectivity index (χ1v) is 9.97. The van der Waals surface area contributed by atoms with E-state index in [0.29, 0.717) is 16.9 Å². The number of amides is 3. The molecule has 1 N–H and O–H groups in total. The van der Waals surface area contributed by atoms with E-state index in [1.54, 1.807) is 18.2 Å². The summed E-state index contributed by atoms with van der Waals surface area (Å²) in [6, 6.07) is 12.8. The van der Waals surface area contributed by atoms with Gasteiger partial charge in [-0.05, 0) is 69.5 Å². The van der Waals surface area contributed by atoms with Crippen LogP contribution in [0.15, 0.2) is 42.1 Å². The number of nitriles is 1. The van der Waals surface area contributed by atoms with E-state index in [1.165, 1.54) is 7.05 Å². The standard InChI is InChI=1S/C19H13I2N3O3/c1-24-18(25)16(23-19(24)26)7-13-6-14(20)8-15(21)17(13)27-10-12-5-3-2-4-11(12)9-22/h2-8H,10H2,1H3,(H,23,26)/b16-7+. The number of likely N-dealkylation sites (N-methyl/N-ethyl adjacent to an activating group) is 1. The molecule has 0 spiro atoms. The minimum absolute atomic E-state index is 0.197. The van der Waals surface area contributed by atoms with Crippen LogP contribution in [0.2, 0.25) is 0 Å². The molecule has 0 aliphatic carbocycles. The van der Waals surface area contributed by atoms with Crippen LogP contribution in [0.25, 0.3) is 6.08 Å². The van der Waals surface area contributed by atoms with Crippen LogP contribution >= 0.6 is 45.2 Å². The Morgan fingerprint density at radius 3 is 2.67 bits per heavy atom. The van der Waals surface area contributed by atoms with Crippen molar-refractivity contribution in [2.45, 2.75) is 6.61 Å². The molecule has 0 aromatic heterocycles. The van der Waals surface area contributed by atoms with Gasteiger partial charge >= 0.3 is 6.03 Å². The molecule has 0 radical (unpaired) electrons. The number of benzene rings is 2. The number of ether oxygens (including phenoxy) is 1. The number of hydrogen-bond donors (Lipinski definition) is 1. The van der Waals surface area contributed by atoms with Crippen LogP contribution in [0.5, 0.6) is 5.75 Å². The molecule has 136 valence electrons. The second kappa shape index (κ2) is 8.26. The van der Waals surface area contributed by atoms with Crippen LogP contribution in [0.3, 0.4) is 0 Å². The summed E-state index contributed by atoms with van der Waals surface area (Å²) in [5, 5.41) is 11.8. The van der Waals surface area contributed by atoms with Crippen molar-refractivity contribution in [3.05, 3.63) is 65.9 Å². The second-order valence-electron chi connectivity index (χ2n) is 5.72. The minimum Gasteiger partial charge on any atom is -0.487 e. The van der Waals surface area contributed by atoms with E-state index in [1.807, 2.05) is 24.3 Å². The Kier molecular flexibility index (Phi) is 6.01. The first-order chi connectivity index (χ1) is 12.9. The van der Waals surface area contributed by atoms with Gasteiger partial charge in [0.2, 0.25) is 0 Å². The van der Waals surface area contributed by atoms with Crippen LogP contribution in [0.1, 0.15) is 16.7 Å². The van der Waals surface area contributed by atoms with Gasteiger partial charge in [-0.1, -0.05) is 18.2 Å². The second-order valence-corrected chi connectivity index (χ2v) is 8.12. The third-order valence-corrected chi connectivity index (χ3v) is 5.35. The van der Waals surface area contributed by atoms with Crippen molar-refractivity contribution < 1.29 is 14.3 Å². The van der Waals surface area contributed by atoms with E-state index >= 15 is 0 Å². The number of hydrogen-bond acceptors (Lipinski definition) is 4. The number of rotatable bonds is 4. The smallest absolute Gasteiger partial charge is 0.328 e. The molecule has 3 amide bonds. The zero-order valence-electron chi connectivity index (χ0n) is 14.1. The zero-order valence-corrected chi connectivity index (χ0v) is 18.4. The number of urea groups is 1. The molecule has 6 nitrogen and oxygen atoms in total. The highest BCUT2D eigenvalue weighted by Gasteiger charge is 2.30. The van der Waals surface area contributed by atoms with Gasteiger partial charge in [-0.25, -0.2) is 4.79 Å². The Morgan fingerprint density at radius 2 is 2.00 bits per heavy atom. The molecule has 1 saturated heterocycles. The summed E-state index contributed by atoms with van der Waals surface area (Å²) in [5.74, 6) is 0.197. The van der Waals surface area contributed by atoms with Crippen LogP contribution in [-0.2, 0) is 11.4 Å². The molecule has 0 unspecified atom stereocenters. The number of nitrogens with zero attached hydrogens (tertiary/aromatic N) is 2. The molecule has 2 aromatic carbocycles. The molecule has 0 saturated carbocycles. The summed E-state index contributed by atoms with van der Waals surface area (Å²) in [5.41, 5.74) is 2.21. The average Bonchev–Trinajstić information content (AvgIpc) is 2.88. The van der Waals surface area contributed by atoms with Gasteiger partial charge in [0, 0.05) is 21.7 Å². The predicted octanol–water partition coefficient (Wildman–Crippen LogP) is 3.87. The molecule has 27 heavy (non-hydrogen) atoms. The average molecular weight is 585 g/mol. The molecule has 1 aliphatic heterocycles. The predicted molar refractivity (Wildman–Crippen MR) is 117 cm³/mol. The van der Waals surface area contributed by atoms with Gasteiger partial charge in [-0.2, -0.15) is 5.26 Å².